The molecule has 3 aromatic rings. The van der Waals surface area contributed by atoms with Gasteiger partial charge in [-0.25, -0.2) is 4.39 Å². The second kappa shape index (κ2) is 10.3. The molecule has 3 heterocycles. The molecule has 2 aliphatic rings. The first kappa shape index (κ1) is 27.1. The zero-order valence-corrected chi connectivity index (χ0v) is 24.1. The normalized spacial score (nSPS) is 19.0. The van der Waals surface area contributed by atoms with Crippen LogP contribution in [0.4, 0.5) is 4.39 Å². The van der Waals surface area contributed by atoms with Crippen LogP contribution in [-0.4, -0.2) is 57.3 Å². The topological polar surface area (TPSA) is 74.6 Å². The molecule has 0 unspecified atom stereocenters. The number of hydrogen-bond acceptors (Lipinski definition) is 3. The van der Waals surface area contributed by atoms with Crippen molar-refractivity contribution >= 4 is 44.6 Å². The summed E-state index contributed by atoms with van der Waals surface area (Å²) in [4.78, 5) is 42.6. The lowest BCUT2D eigenvalue weighted by molar-refractivity contribution is -0.133. The number of aromatic nitrogens is 1. The predicted molar refractivity (Wildman–Crippen MR) is 152 cm³/mol. The molecule has 0 spiro atoms. The Bertz CT molecular complexity index is 1520. The maximum absolute atomic E-state index is 14.3. The number of carbonyl (C=O) groups excluding carboxylic acids is 3. The van der Waals surface area contributed by atoms with Gasteiger partial charge < -0.3 is 19.7 Å². The summed E-state index contributed by atoms with van der Waals surface area (Å²) >= 11 is 3.58. The number of nitrogens with one attached hydrogen (secondary N) is 1. The van der Waals surface area contributed by atoms with E-state index in [0.717, 1.165) is 32.1 Å². The molecule has 0 aliphatic carbocycles. The largest absolute Gasteiger partial charge is 0.348 e. The fourth-order valence-electron chi connectivity index (χ4n) is 6.16. The van der Waals surface area contributed by atoms with Gasteiger partial charge in [0.05, 0.1) is 23.2 Å². The molecule has 3 amide bonds. The highest BCUT2D eigenvalue weighted by Gasteiger charge is 2.36. The summed E-state index contributed by atoms with van der Waals surface area (Å²) in [5, 5.41) is 3.79. The molecule has 2 atom stereocenters. The van der Waals surface area contributed by atoms with E-state index in [1.54, 1.807) is 17.0 Å². The lowest BCUT2D eigenvalue weighted by Crippen LogP contribution is -2.61. The van der Waals surface area contributed by atoms with Crippen molar-refractivity contribution in [3.63, 3.8) is 0 Å². The van der Waals surface area contributed by atoms with Gasteiger partial charge in [0, 0.05) is 34.7 Å². The van der Waals surface area contributed by atoms with Crippen molar-refractivity contribution in [1.29, 1.82) is 0 Å². The molecule has 1 N–H and O–H groups in total. The molecular weight excluding hydrogens is 563 g/mol. The fourth-order valence-corrected chi connectivity index (χ4v) is 6.73. The van der Waals surface area contributed by atoms with Crippen LogP contribution in [0.5, 0.6) is 0 Å². The van der Waals surface area contributed by atoms with Gasteiger partial charge in [-0.1, -0.05) is 28.6 Å². The molecule has 2 aromatic carbocycles. The van der Waals surface area contributed by atoms with Crippen LogP contribution in [0.2, 0.25) is 0 Å². The van der Waals surface area contributed by atoms with Gasteiger partial charge in [0.2, 0.25) is 11.8 Å². The lowest BCUT2D eigenvalue weighted by atomic mass is 9.88. The number of aryl methyl sites for hydroxylation is 1. The highest BCUT2D eigenvalue weighted by atomic mass is 79.9. The van der Waals surface area contributed by atoms with Gasteiger partial charge in [0.1, 0.15) is 12.4 Å². The van der Waals surface area contributed by atoms with Crippen molar-refractivity contribution in [3.8, 4) is 0 Å². The first-order chi connectivity index (χ1) is 18.5. The number of halogens is 2. The van der Waals surface area contributed by atoms with Crippen LogP contribution in [-0.2, 0) is 22.6 Å². The standard InChI is InChI=1S/C30H32BrFN4O3/c1-6-27(38)34-13-23(14-34)33-26(37)15-35-19(5)28(25-12-21(31)9-16(2)29(25)35)30(39)36-17(3)10-20-11-22(32)7-8-24(20)18(36)4/h6-9,11-12,17-18,23H,1,10,13-15H2,2-5H3,(H,33,37)/t17-,18+/m0/s1. The highest BCUT2D eigenvalue weighted by molar-refractivity contribution is 9.10. The van der Waals surface area contributed by atoms with Crippen LogP contribution >= 0.6 is 15.9 Å². The zero-order chi connectivity index (χ0) is 28.2. The first-order valence-electron chi connectivity index (χ1n) is 13.1. The van der Waals surface area contributed by atoms with Gasteiger partial charge in [0.25, 0.3) is 5.91 Å². The third-order valence-corrected chi connectivity index (χ3v) is 8.47. The molecule has 0 radical (unpaired) electrons. The molecule has 2 aliphatic heterocycles. The van der Waals surface area contributed by atoms with Gasteiger partial charge in [-0.2, -0.15) is 0 Å². The number of hydrogen-bond donors (Lipinski definition) is 1. The van der Waals surface area contributed by atoms with Crippen LogP contribution < -0.4 is 5.32 Å². The minimum Gasteiger partial charge on any atom is -0.348 e. The second-order valence-electron chi connectivity index (χ2n) is 10.7. The third-order valence-electron chi connectivity index (χ3n) is 8.02. The Kier molecular flexibility index (Phi) is 7.13. The summed E-state index contributed by atoms with van der Waals surface area (Å²) in [5.74, 6) is -0.706. The number of fused-ring (bicyclic) bond motifs is 2. The monoisotopic (exact) mass is 594 g/mol. The summed E-state index contributed by atoms with van der Waals surface area (Å²) in [6.45, 7) is 12.3. The van der Waals surface area contributed by atoms with E-state index < -0.39 is 0 Å². The van der Waals surface area contributed by atoms with E-state index >= 15 is 0 Å². The van der Waals surface area contributed by atoms with Crippen LogP contribution in [0.1, 0.15) is 52.6 Å². The molecular formula is C30H32BrFN4O3. The number of benzene rings is 2. The van der Waals surface area contributed by atoms with Crippen molar-refractivity contribution in [1.82, 2.24) is 19.7 Å². The number of amides is 3. The number of nitrogens with zero attached hydrogens (tertiary/aromatic N) is 3. The molecule has 39 heavy (non-hydrogen) atoms. The van der Waals surface area contributed by atoms with Gasteiger partial charge in [-0.05, 0) is 81.1 Å². The van der Waals surface area contributed by atoms with Gasteiger partial charge in [-0.3, -0.25) is 14.4 Å². The molecule has 0 bridgehead atoms. The van der Waals surface area contributed by atoms with E-state index in [-0.39, 0.29) is 48.2 Å². The molecule has 1 saturated heterocycles. The Morgan fingerprint density at radius 3 is 2.56 bits per heavy atom. The van der Waals surface area contributed by atoms with Crippen molar-refractivity contribution in [2.24, 2.45) is 0 Å². The Morgan fingerprint density at radius 1 is 1.15 bits per heavy atom. The molecule has 1 aromatic heterocycles. The minimum absolute atomic E-state index is 0.0528. The Morgan fingerprint density at radius 2 is 1.87 bits per heavy atom. The molecule has 5 rings (SSSR count). The maximum atomic E-state index is 14.3. The van der Waals surface area contributed by atoms with Crippen molar-refractivity contribution in [3.05, 3.63) is 81.2 Å². The second-order valence-corrected chi connectivity index (χ2v) is 11.6. The Balaban J connectivity index is 1.48. The Hall–Kier alpha value is -3.46. The zero-order valence-electron chi connectivity index (χ0n) is 22.6. The van der Waals surface area contributed by atoms with Crippen LogP contribution in [0.3, 0.4) is 0 Å². The first-order valence-corrected chi connectivity index (χ1v) is 13.9. The summed E-state index contributed by atoms with van der Waals surface area (Å²) in [6, 6.07) is 8.22. The molecule has 7 nitrogen and oxygen atoms in total. The van der Waals surface area contributed by atoms with E-state index in [4.69, 9.17) is 0 Å². The average molecular weight is 596 g/mol. The fraction of sp³-hybridized carbons (Fsp3) is 0.367. The Labute approximate surface area is 235 Å². The number of likely N-dealkylation sites (tertiary alicyclic amines) is 1. The quantitative estimate of drug-likeness (QED) is 0.430. The summed E-state index contributed by atoms with van der Waals surface area (Å²) in [5.41, 5.74) is 4.95. The summed E-state index contributed by atoms with van der Waals surface area (Å²) in [6.07, 6.45) is 1.84. The van der Waals surface area contributed by atoms with Crippen LogP contribution in [0.15, 0.2) is 47.5 Å². The summed E-state index contributed by atoms with van der Waals surface area (Å²) in [7, 11) is 0. The van der Waals surface area contributed by atoms with Crippen molar-refractivity contribution in [2.45, 2.75) is 58.8 Å². The molecule has 204 valence electrons. The van der Waals surface area contributed by atoms with Gasteiger partial charge in [-0.15, -0.1) is 0 Å². The van der Waals surface area contributed by atoms with E-state index in [9.17, 15) is 18.8 Å². The van der Waals surface area contributed by atoms with E-state index in [1.807, 2.05) is 49.3 Å². The third kappa shape index (κ3) is 4.77. The van der Waals surface area contributed by atoms with Crippen molar-refractivity contribution in [2.75, 3.05) is 13.1 Å². The molecule has 1 fully saturated rings. The number of rotatable bonds is 5. The maximum Gasteiger partial charge on any atom is 0.257 e. The van der Waals surface area contributed by atoms with Gasteiger partial charge >= 0.3 is 0 Å². The number of carbonyl (C=O) groups is 3. The average Bonchev–Trinajstić information content (AvgIpc) is 3.11. The SMILES string of the molecule is C=CC(=O)N1CC(NC(=O)Cn2c(C)c(C(=O)N3[C@H](C)c4ccc(F)cc4C[C@@H]3C)c3cc(Br)cc(C)c32)C1. The minimum atomic E-state index is -0.271. The molecule has 9 heteroatoms. The molecule has 0 saturated carbocycles. The smallest absolute Gasteiger partial charge is 0.257 e. The van der Waals surface area contributed by atoms with Crippen LogP contribution in [0.25, 0.3) is 10.9 Å². The lowest BCUT2D eigenvalue weighted by Gasteiger charge is -2.40. The predicted octanol–water partition coefficient (Wildman–Crippen LogP) is 4.82. The van der Waals surface area contributed by atoms with E-state index in [0.29, 0.717) is 30.8 Å². The van der Waals surface area contributed by atoms with Crippen molar-refractivity contribution < 1.29 is 18.8 Å². The van der Waals surface area contributed by atoms with E-state index in [2.05, 4.69) is 27.8 Å². The van der Waals surface area contributed by atoms with E-state index in [1.165, 1.54) is 12.1 Å². The summed E-state index contributed by atoms with van der Waals surface area (Å²) < 4.78 is 16.7. The van der Waals surface area contributed by atoms with Gasteiger partial charge in [0.15, 0.2) is 0 Å². The van der Waals surface area contributed by atoms with Crippen LogP contribution in [0, 0.1) is 19.7 Å². The highest BCUT2D eigenvalue weighted by Crippen LogP contribution is 2.38.